The highest BCUT2D eigenvalue weighted by Gasteiger charge is 2.16. The predicted molar refractivity (Wildman–Crippen MR) is 74.2 cm³/mol. The van der Waals surface area contributed by atoms with Gasteiger partial charge in [-0.2, -0.15) is 0 Å². The van der Waals surface area contributed by atoms with Crippen LogP contribution >= 0.6 is 0 Å². The van der Waals surface area contributed by atoms with Crippen LogP contribution in [0.25, 0.3) is 0 Å². The number of rotatable bonds is 5. The van der Waals surface area contributed by atoms with Crippen LogP contribution in [0.4, 0.5) is 13.6 Å². The first kappa shape index (κ1) is 11.7. The molecule has 0 saturated carbocycles. The lowest BCUT2D eigenvalue weighted by Crippen LogP contribution is -2.33. The maximum absolute atomic E-state index is 13.7. The van der Waals surface area contributed by atoms with Gasteiger partial charge in [0, 0.05) is 18.4 Å². The first-order valence-electron chi connectivity index (χ1n) is 8.14. The van der Waals surface area contributed by atoms with E-state index in [1.54, 1.807) is 20.8 Å². The highest BCUT2D eigenvalue weighted by molar-refractivity contribution is 5.96. The molecule has 0 bridgehead atoms. The number of ketones is 1. The van der Waals surface area contributed by atoms with Crippen LogP contribution in [-0.4, -0.2) is 24.0 Å². The molecule has 1 aromatic rings. The molecule has 0 spiro atoms. The molecule has 1 rings (SSSR count). The Morgan fingerprint density at radius 1 is 1.33 bits per heavy atom. The molecule has 0 aliphatic rings. The van der Waals surface area contributed by atoms with Gasteiger partial charge >= 0.3 is 6.09 Å². The van der Waals surface area contributed by atoms with Gasteiger partial charge in [0.25, 0.3) is 0 Å². The number of ether oxygens (including phenoxy) is 1. The Morgan fingerprint density at radius 3 is 2.62 bits per heavy atom. The molecule has 1 N–H and O–H groups in total. The summed E-state index contributed by atoms with van der Waals surface area (Å²) in [5, 5.41) is 2.02. The first-order valence-corrected chi connectivity index (χ1v) is 6.14. The number of benzene rings is 1. The third-order valence-electron chi connectivity index (χ3n) is 2.09. The maximum Gasteiger partial charge on any atom is 0.407 e. The molecular weight excluding hydrogens is 280 g/mol. The monoisotopic (exact) mass is 303 g/mol. The summed E-state index contributed by atoms with van der Waals surface area (Å²) in [5.41, 5.74) is -1.76. The number of carbonyl (C=O) groups excluding carboxylic acids is 2. The molecule has 1 aromatic carbocycles. The Hall–Kier alpha value is -1.98. The largest absolute Gasteiger partial charge is 0.444 e. The van der Waals surface area contributed by atoms with Gasteiger partial charge in [-0.05, 0) is 45.3 Å². The van der Waals surface area contributed by atoms with E-state index in [1.165, 1.54) is 0 Å². The summed E-state index contributed by atoms with van der Waals surface area (Å²) in [6.45, 7) is 3.84. The molecule has 116 valence electrons. The highest BCUT2D eigenvalue weighted by Crippen LogP contribution is 2.13. The van der Waals surface area contributed by atoms with Crippen LogP contribution in [0.1, 0.15) is 49.4 Å². The molecule has 21 heavy (non-hydrogen) atoms. The second-order valence-electron chi connectivity index (χ2n) is 5.11. The van der Waals surface area contributed by atoms with Gasteiger partial charge in [0.05, 0.1) is 5.56 Å². The fraction of sp³-hybridized carbons (Fsp3) is 0.467. The minimum atomic E-state index is -3.23. The highest BCUT2D eigenvalue weighted by atomic mass is 19.1. The standard InChI is InChI=1S/C15H19F2NO3/c1-15(2,3)21-14(20)18-8-4-5-13(19)11-9-10(16)6-7-12(11)17/h6-7,9H,4-5,8H2,1-3H3,(H,18,20)/i4D2,5D2. The van der Waals surface area contributed by atoms with Crippen LogP contribution in [0.2, 0.25) is 0 Å². The molecule has 0 aliphatic carbocycles. The summed E-state index contributed by atoms with van der Waals surface area (Å²) in [5.74, 6) is -3.71. The Kier molecular flexibility index (Phi) is 3.97. The Labute approximate surface area is 128 Å². The van der Waals surface area contributed by atoms with Crippen molar-refractivity contribution in [1.29, 1.82) is 0 Å². The van der Waals surface area contributed by atoms with Crippen LogP contribution in [-0.2, 0) is 4.74 Å². The quantitative estimate of drug-likeness (QED) is 0.848. The van der Waals surface area contributed by atoms with Crippen molar-refractivity contribution in [2.45, 2.75) is 39.1 Å². The molecule has 6 heteroatoms. The van der Waals surface area contributed by atoms with E-state index < -0.39 is 54.0 Å². The number of nitrogens with one attached hydrogen (secondary N) is 1. The number of Topliss-reactive ketones (excluding diaryl/α,β-unsaturated/α-hetero) is 1. The number of alkyl carbamates (subject to hydrolysis) is 1. The summed E-state index contributed by atoms with van der Waals surface area (Å²) in [6.07, 6.45) is -7.13. The summed E-state index contributed by atoms with van der Waals surface area (Å²) < 4.78 is 62.7. The Balaban J connectivity index is 2.96. The second-order valence-corrected chi connectivity index (χ2v) is 5.11. The van der Waals surface area contributed by atoms with Crippen molar-refractivity contribution >= 4 is 11.9 Å². The molecule has 0 saturated heterocycles. The van der Waals surface area contributed by atoms with Gasteiger partial charge in [0.2, 0.25) is 0 Å². The van der Waals surface area contributed by atoms with E-state index in [-0.39, 0.29) is 0 Å². The molecule has 0 aromatic heterocycles. The zero-order chi connectivity index (χ0) is 19.6. The lowest BCUT2D eigenvalue weighted by Gasteiger charge is -2.19. The van der Waals surface area contributed by atoms with Crippen LogP contribution in [0.3, 0.4) is 0 Å². The summed E-state index contributed by atoms with van der Waals surface area (Å²) in [6, 6.07) is 1.89. The third kappa shape index (κ3) is 6.33. The Morgan fingerprint density at radius 2 is 2.00 bits per heavy atom. The molecule has 4 nitrogen and oxygen atoms in total. The molecule has 0 radical (unpaired) electrons. The lowest BCUT2D eigenvalue weighted by molar-refractivity contribution is 0.0525. The van der Waals surface area contributed by atoms with E-state index in [0.29, 0.717) is 12.1 Å². The molecular formula is C15H19F2NO3. The van der Waals surface area contributed by atoms with Gasteiger partial charge in [-0.3, -0.25) is 4.79 Å². The van der Waals surface area contributed by atoms with Crippen molar-refractivity contribution < 1.29 is 28.6 Å². The SMILES string of the molecule is [2H]C([2H])(CNC(=O)OC(C)(C)C)C([2H])([2H])C(=O)c1cc(F)ccc1F. The second kappa shape index (κ2) is 7.15. The molecule has 0 aliphatic heterocycles. The van der Waals surface area contributed by atoms with Crippen LogP contribution in [0, 0.1) is 11.6 Å². The van der Waals surface area contributed by atoms with Gasteiger partial charge in [-0.1, -0.05) is 0 Å². The smallest absolute Gasteiger partial charge is 0.407 e. The van der Waals surface area contributed by atoms with Crippen molar-refractivity contribution in [2.24, 2.45) is 0 Å². The minimum Gasteiger partial charge on any atom is -0.444 e. The van der Waals surface area contributed by atoms with Crippen LogP contribution in [0.5, 0.6) is 0 Å². The van der Waals surface area contributed by atoms with Crippen molar-refractivity contribution in [3.8, 4) is 0 Å². The normalized spacial score (nSPS) is 15.3. The Bertz CT molecular complexity index is 675. The topological polar surface area (TPSA) is 55.4 Å². The van der Waals surface area contributed by atoms with Gasteiger partial charge in [-0.15, -0.1) is 0 Å². The average molecular weight is 303 g/mol. The average Bonchev–Trinajstić information content (AvgIpc) is 2.45. The van der Waals surface area contributed by atoms with Crippen LogP contribution < -0.4 is 5.32 Å². The van der Waals surface area contributed by atoms with Crippen molar-refractivity contribution in [3.05, 3.63) is 35.4 Å². The van der Waals surface area contributed by atoms with E-state index in [4.69, 9.17) is 10.2 Å². The third-order valence-corrected chi connectivity index (χ3v) is 2.09. The van der Waals surface area contributed by atoms with E-state index in [2.05, 4.69) is 0 Å². The van der Waals surface area contributed by atoms with Gasteiger partial charge < -0.3 is 10.1 Å². The van der Waals surface area contributed by atoms with E-state index >= 15 is 0 Å². The minimum absolute atomic E-state index is 0.493. The summed E-state index contributed by atoms with van der Waals surface area (Å²) in [4.78, 5) is 23.7. The van der Waals surface area contributed by atoms with Crippen molar-refractivity contribution in [1.82, 2.24) is 5.32 Å². The van der Waals surface area contributed by atoms with Crippen molar-refractivity contribution in [3.63, 3.8) is 0 Å². The summed E-state index contributed by atoms with van der Waals surface area (Å²) in [7, 11) is 0. The molecule has 0 fully saturated rings. The molecule has 0 atom stereocenters. The number of hydrogen-bond donors (Lipinski definition) is 1. The van der Waals surface area contributed by atoms with Gasteiger partial charge in [0.1, 0.15) is 17.2 Å². The van der Waals surface area contributed by atoms with Gasteiger partial charge in [-0.25, -0.2) is 13.6 Å². The molecule has 0 heterocycles. The van der Waals surface area contributed by atoms with E-state index in [0.717, 1.165) is 6.07 Å². The van der Waals surface area contributed by atoms with Crippen molar-refractivity contribution in [2.75, 3.05) is 6.54 Å². The number of amides is 1. The number of hydrogen-bond acceptors (Lipinski definition) is 3. The molecule has 0 unspecified atom stereocenters. The van der Waals surface area contributed by atoms with E-state index in [9.17, 15) is 18.4 Å². The fourth-order valence-electron chi connectivity index (χ4n) is 1.29. The van der Waals surface area contributed by atoms with Crippen LogP contribution in [0.15, 0.2) is 18.2 Å². The van der Waals surface area contributed by atoms with Gasteiger partial charge in [0.15, 0.2) is 5.78 Å². The number of halogens is 2. The summed E-state index contributed by atoms with van der Waals surface area (Å²) >= 11 is 0. The molecule has 1 amide bonds. The maximum atomic E-state index is 13.7. The zero-order valence-electron chi connectivity index (χ0n) is 15.9. The lowest BCUT2D eigenvalue weighted by atomic mass is 10.1. The zero-order valence-corrected chi connectivity index (χ0v) is 11.9. The number of carbonyl (C=O) groups is 2. The van der Waals surface area contributed by atoms with E-state index in [1.807, 2.05) is 5.32 Å². The first-order chi connectivity index (χ1) is 11.2. The fourth-order valence-corrected chi connectivity index (χ4v) is 1.29. The predicted octanol–water partition coefficient (Wildman–Crippen LogP) is 3.45.